The Morgan fingerprint density at radius 1 is 1.41 bits per heavy atom. The smallest absolute Gasteiger partial charge is 0.326 e. The molecule has 1 aliphatic heterocycles. The van der Waals surface area contributed by atoms with Crippen LogP contribution in [0.25, 0.3) is 0 Å². The number of fused-ring (bicyclic) bond motifs is 1. The van der Waals surface area contributed by atoms with Gasteiger partial charge in [0.2, 0.25) is 5.91 Å². The summed E-state index contributed by atoms with van der Waals surface area (Å²) in [7, 11) is 0. The minimum Gasteiger partial charge on any atom is -0.480 e. The predicted molar refractivity (Wildman–Crippen MR) is 62.7 cm³/mol. The first-order chi connectivity index (χ1) is 8.09. The van der Waals surface area contributed by atoms with E-state index in [-0.39, 0.29) is 6.42 Å². The molecule has 5 nitrogen and oxygen atoms in total. The molecule has 1 aromatic rings. The number of carbonyl (C=O) groups excluding carboxylic acids is 1. The van der Waals surface area contributed by atoms with Gasteiger partial charge in [-0.3, -0.25) is 4.79 Å². The molecule has 90 valence electrons. The third kappa shape index (κ3) is 2.22. The zero-order valence-corrected chi connectivity index (χ0v) is 9.30. The average Bonchev–Trinajstić information content (AvgIpc) is 2.65. The van der Waals surface area contributed by atoms with Gasteiger partial charge in [0.05, 0.1) is 0 Å². The summed E-state index contributed by atoms with van der Waals surface area (Å²) in [5.41, 5.74) is 6.99. The van der Waals surface area contributed by atoms with Gasteiger partial charge in [-0.25, -0.2) is 4.79 Å². The van der Waals surface area contributed by atoms with Gasteiger partial charge < -0.3 is 15.7 Å². The Morgan fingerprint density at radius 2 is 2.12 bits per heavy atom. The molecule has 5 heteroatoms. The number of benzene rings is 1. The first-order valence-corrected chi connectivity index (χ1v) is 5.45. The van der Waals surface area contributed by atoms with Crippen molar-refractivity contribution in [1.29, 1.82) is 0 Å². The van der Waals surface area contributed by atoms with Crippen LogP contribution >= 0.6 is 0 Å². The molecule has 0 fully saturated rings. The second-order valence-electron chi connectivity index (χ2n) is 4.10. The van der Waals surface area contributed by atoms with Crippen molar-refractivity contribution in [2.75, 3.05) is 11.4 Å². The van der Waals surface area contributed by atoms with Crippen molar-refractivity contribution in [3.05, 3.63) is 29.8 Å². The Hall–Kier alpha value is -2.04. The van der Waals surface area contributed by atoms with Gasteiger partial charge in [0, 0.05) is 25.1 Å². The number of amides is 1. The highest BCUT2D eigenvalue weighted by Crippen LogP contribution is 2.31. The molecule has 1 atom stereocenters. The molecule has 0 saturated heterocycles. The van der Waals surface area contributed by atoms with Crippen molar-refractivity contribution in [1.82, 2.24) is 0 Å². The highest BCUT2D eigenvalue weighted by molar-refractivity contribution is 5.83. The minimum atomic E-state index is -0.870. The Morgan fingerprint density at radius 3 is 2.76 bits per heavy atom. The highest BCUT2D eigenvalue weighted by atomic mass is 16.4. The summed E-state index contributed by atoms with van der Waals surface area (Å²) in [6.45, 7) is 0.351. The summed E-state index contributed by atoms with van der Waals surface area (Å²) in [4.78, 5) is 23.7. The van der Waals surface area contributed by atoms with E-state index in [2.05, 4.69) is 0 Å². The molecule has 1 aliphatic rings. The van der Waals surface area contributed by atoms with Crippen LogP contribution in [0.3, 0.4) is 0 Å². The molecule has 0 aliphatic carbocycles. The molecule has 2 rings (SSSR count). The monoisotopic (exact) mass is 234 g/mol. The van der Waals surface area contributed by atoms with Crippen LogP contribution in [-0.2, 0) is 16.0 Å². The zero-order valence-electron chi connectivity index (χ0n) is 9.30. The van der Waals surface area contributed by atoms with E-state index in [1.165, 1.54) is 0 Å². The maximum absolute atomic E-state index is 11.2. The summed E-state index contributed by atoms with van der Waals surface area (Å²) < 4.78 is 0. The number of hydrogen-bond donors (Lipinski definition) is 2. The van der Waals surface area contributed by atoms with Gasteiger partial charge in [0.15, 0.2) is 0 Å². The number of primary amides is 1. The largest absolute Gasteiger partial charge is 0.480 e. The van der Waals surface area contributed by atoms with Gasteiger partial charge in [-0.1, -0.05) is 18.2 Å². The second kappa shape index (κ2) is 4.45. The van der Waals surface area contributed by atoms with Crippen LogP contribution in [0.1, 0.15) is 12.0 Å². The molecule has 0 saturated carbocycles. The molecule has 0 spiro atoms. The number of anilines is 1. The van der Waals surface area contributed by atoms with Crippen LogP contribution < -0.4 is 10.6 Å². The lowest BCUT2D eigenvalue weighted by atomic mass is 10.1. The van der Waals surface area contributed by atoms with Crippen molar-refractivity contribution in [2.24, 2.45) is 5.73 Å². The molecule has 17 heavy (non-hydrogen) atoms. The third-order valence-corrected chi connectivity index (χ3v) is 2.97. The van der Waals surface area contributed by atoms with Crippen LogP contribution in [0.5, 0.6) is 0 Å². The maximum Gasteiger partial charge on any atom is 0.326 e. The summed E-state index contributed by atoms with van der Waals surface area (Å²) in [5.74, 6) is -1.29. The molecule has 0 radical (unpaired) electrons. The molecule has 1 amide bonds. The van der Waals surface area contributed by atoms with Crippen LogP contribution in [0.15, 0.2) is 24.3 Å². The van der Waals surface area contributed by atoms with Gasteiger partial charge in [0.1, 0.15) is 6.04 Å². The number of carbonyl (C=O) groups is 2. The molecule has 3 N–H and O–H groups in total. The van der Waals surface area contributed by atoms with Crippen molar-refractivity contribution in [2.45, 2.75) is 18.9 Å². The number of carboxylic acid groups (broad SMARTS) is 1. The summed E-state index contributed by atoms with van der Waals surface area (Å²) >= 11 is 0. The van der Waals surface area contributed by atoms with Gasteiger partial charge in [-0.05, 0) is 11.6 Å². The van der Waals surface area contributed by atoms with E-state index in [0.29, 0.717) is 13.0 Å². The van der Waals surface area contributed by atoms with Crippen molar-refractivity contribution in [3.8, 4) is 0 Å². The van der Waals surface area contributed by atoms with Gasteiger partial charge >= 0.3 is 5.97 Å². The van der Waals surface area contributed by atoms with Crippen molar-refractivity contribution in [3.63, 3.8) is 0 Å². The molecule has 1 heterocycles. The third-order valence-electron chi connectivity index (χ3n) is 2.97. The fourth-order valence-electron chi connectivity index (χ4n) is 2.18. The van der Waals surface area contributed by atoms with E-state index < -0.39 is 17.9 Å². The normalized spacial score (nSPS) is 17.9. The minimum absolute atomic E-state index is 0.165. The lowest BCUT2D eigenvalue weighted by molar-refractivity contribution is -0.138. The second-order valence-corrected chi connectivity index (χ2v) is 4.10. The van der Waals surface area contributed by atoms with Crippen LogP contribution in [0.4, 0.5) is 5.69 Å². The molecular weight excluding hydrogens is 220 g/mol. The lowest BCUT2D eigenvalue weighted by Gasteiger charge is -2.23. The Labute approximate surface area is 98.8 Å². The molecule has 0 aromatic heterocycles. The van der Waals surface area contributed by atoms with Crippen LogP contribution in [-0.4, -0.2) is 29.6 Å². The van der Waals surface area contributed by atoms with Crippen molar-refractivity contribution >= 4 is 17.6 Å². The van der Waals surface area contributed by atoms with Crippen molar-refractivity contribution < 1.29 is 14.7 Å². The number of para-hydroxylation sites is 1. The van der Waals surface area contributed by atoms with Crippen LogP contribution in [0, 0.1) is 0 Å². The number of nitrogens with two attached hydrogens (primary N) is 1. The summed E-state index contributed by atoms with van der Waals surface area (Å²) in [6, 6.07) is 6.94. The van der Waals surface area contributed by atoms with E-state index >= 15 is 0 Å². The van der Waals surface area contributed by atoms with E-state index in [4.69, 9.17) is 10.8 Å². The number of hydrogen-bond acceptors (Lipinski definition) is 3. The number of aliphatic carboxylic acids is 1. The first-order valence-electron chi connectivity index (χ1n) is 5.45. The molecule has 1 aromatic carbocycles. The fourth-order valence-corrected chi connectivity index (χ4v) is 2.18. The predicted octanol–water partition coefficient (Wildman–Crippen LogP) is 0.378. The topological polar surface area (TPSA) is 83.6 Å². The molecular formula is C12H14N2O3. The van der Waals surface area contributed by atoms with E-state index in [0.717, 1.165) is 11.3 Å². The van der Waals surface area contributed by atoms with E-state index in [9.17, 15) is 9.59 Å². The van der Waals surface area contributed by atoms with E-state index in [1.54, 1.807) is 4.90 Å². The zero-order chi connectivity index (χ0) is 12.4. The fraction of sp³-hybridized carbons (Fsp3) is 0.333. The summed E-state index contributed by atoms with van der Waals surface area (Å²) in [6.07, 6.45) is 0.641. The van der Waals surface area contributed by atoms with Gasteiger partial charge in [0.25, 0.3) is 0 Å². The Bertz CT molecular complexity index is 459. The van der Waals surface area contributed by atoms with Gasteiger partial charge in [-0.2, -0.15) is 0 Å². The van der Waals surface area contributed by atoms with Crippen LogP contribution in [0.2, 0.25) is 0 Å². The first kappa shape index (κ1) is 11.4. The maximum atomic E-state index is 11.2. The standard InChI is InChI=1S/C12H14N2O3/c13-11(15)5-6-14-9-4-2-1-3-8(9)7-10(14)12(16)17/h1-4,10H,5-7H2,(H2,13,15)(H,16,17). The van der Waals surface area contributed by atoms with Gasteiger partial charge in [-0.15, -0.1) is 0 Å². The SMILES string of the molecule is NC(=O)CCN1c2ccccc2CC1C(=O)O. The Kier molecular flexibility index (Phi) is 2.99. The Balaban J connectivity index is 2.24. The number of rotatable bonds is 4. The molecule has 1 unspecified atom stereocenters. The molecule has 0 bridgehead atoms. The number of nitrogens with zero attached hydrogens (tertiary/aromatic N) is 1. The highest BCUT2D eigenvalue weighted by Gasteiger charge is 2.33. The average molecular weight is 234 g/mol. The quantitative estimate of drug-likeness (QED) is 0.788. The summed E-state index contributed by atoms with van der Waals surface area (Å²) in [5, 5.41) is 9.16. The number of carboxylic acids is 1. The van der Waals surface area contributed by atoms with E-state index in [1.807, 2.05) is 24.3 Å². The lowest BCUT2D eigenvalue weighted by Crippen LogP contribution is -2.40.